The highest BCUT2D eigenvalue weighted by atomic mass is 32.2. The first kappa shape index (κ1) is 8.80. The van der Waals surface area contributed by atoms with E-state index in [0.717, 1.165) is 16.6 Å². The Kier molecular flexibility index (Phi) is 3.14. The molecule has 0 aromatic heterocycles. The zero-order valence-corrected chi connectivity index (χ0v) is 7.71. The Bertz CT molecular complexity index is 183. The molecule has 1 heterocycles. The molecule has 5 heteroatoms. The highest BCUT2D eigenvalue weighted by molar-refractivity contribution is 8.23. The molecule has 0 saturated carbocycles. The Morgan fingerprint density at radius 3 is 3.00 bits per heavy atom. The van der Waals surface area contributed by atoms with Crippen LogP contribution in [-0.4, -0.2) is 34.0 Å². The van der Waals surface area contributed by atoms with Gasteiger partial charge in [0.15, 0.2) is 0 Å². The molecule has 1 fully saturated rings. The third kappa shape index (κ3) is 2.67. The molecule has 1 amide bonds. The second kappa shape index (κ2) is 3.92. The van der Waals surface area contributed by atoms with Gasteiger partial charge in [0.2, 0.25) is 5.91 Å². The van der Waals surface area contributed by atoms with Crippen molar-refractivity contribution < 1.29 is 4.79 Å². The van der Waals surface area contributed by atoms with E-state index in [0.29, 0.717) is 13.0 Å². The van der Waals surface area contributed by atoms with Crippen LogP contribution in [0.15, 0.2) is 0 Å². The summed E-state index contributed by atoms with van der Waals surface area (Å²) in [6, 6.07) is 0. The summed E-state index contributed by atoms with van der Waals surface area (Å²) in [7, 11) is 0. The zero-order chi connectivity index (χ0) is 8.27. The second-order valence-electron chi connectivity index (χ2n) is 2.32. The lowest BCUT2D eigenvalue weighted by molar-refractivity contribution is -0.118. The molecular weight excluding hydrogens is 180 g/mol. The highest BCUT2D eigenvalue weighted by Gasteiger charge is 2.16. The Labute approximate surface area is 75.3 Å². The number of amides is 1. The quantitative estimate of drug-likeness (QED) is 0.646. The summed E-state index contributed by atoms with van der Waals surface area (Å²) in [5.41, 5.74) is 5.00. The minimum absolute atomic E-state index is 0.260. The van der Waals surface area contributed by atoms with E-state index in [1.807, 2.05) is 4.90 Å². The number of nitrogens with zero attached hydrogens (tertiary/aromatic N) is 1. The van der Waals surface area contributed by atoms with Crippen LogP contribution in [0.25, 0.3) is 0 Å². The molecule has 0 aliphatic carbocycles. The molecule has 3 nitrogen and oxygen atoms in total. The van der Waals surface area contributed by atoms with E-state index in [9.17, 15) is 4.79 Å². The third-order valence-corrected chi connectivity index (χ3v) is 2.98. The molecule has 1 aliphatic heterocycles. The van der Waals surface area contributed by atoms with Gasteiger partial charge in [0, 0.05) is 25.3 Å². The van der Waals surface area contributed by atoms with E-state index >= 15 is 0 Å². The summed E-state index contributed by atoms with van der Waals surface area (Å²) >= 11 is 6.69. The summed E-state index contributed by atoms with van der Waals surface area (Å²) in [4.78, 5) is 12.4. The molecule has 2 N–H and O–H groups in total. The normalized spacial score (nSPS) is 17.5. The van der Waals surface area contributed by atoms with E-state index in [2.05, 4.69) is 0 Å². The van der Waals surface area contributed by atoms with Gasteiger partial charge in [-0.2, -0.15) is 0 Å². The number of rotatable bonds is 3. The molecule has 0 radical (unpaired) electrons. The molecule has 1 aliphatic rings. The lowest BCUT2D eigenvalue weighted by atomic mass is 10.4. The predicted molar refractivity (Wildman–Crippen MR) is 50.4 cm³/mol. The van der Waals surface area contributed by atoms with Gasteiger partial charge in [-0.05, 0) is 0 Å². The van der Waals surface area contributed by atoms with Crippen molar-refractivity contribution in [1.82, 2.24) is 4.90 Å². The maximum absolute atomic E-state index is 10.4. The van der Waals surface area contributed by atoms with Crippen molar-refractivity contribution in [2.24, 2.45) is 5.73 Å². The summed E-state index contributed by atoms with van der Waals surface area (Å²) in [5.74, 6) is 0.780. The summed E-state index contributed by atoms with van der Waals surface area (Å²) in [5, 5.41) is 0. The van der Waals surface area contributed by atoms with Gasteiger partial charge in [0.1, 0.15) is 4.32 Å². The Balaban J connectivity index is 2.26. The monoisotopic (exact) mass is 190 g/mol. The number of thioether (sulfide) groups is 1. The van der Waals surface area contributed by atoms with Crippen molar-refractivity contribution in [2.45, 2.75) is 6.42 Å². The van der Waals surface area contributed by atoms with Crippen molar-refractivity contribution in [3.05, 3.63) is 0 Å². The molecule has 1 saturated heterocycles. The standard InChI is InChI=1S/C6H10N2OS2/c7-5(9)1-2-8-3-4-11-6(8)10/h1-4H2,(H2,7,9). The SMILES string of the molecule is NC(=O)CCN1CCSC1=S. The third-order valence-electron chi connectivity index (χ3n) is 1.47. The van der Waals surface area contributed by atoms with Crippen LogP contribution >= 0.6 is 24.0 Å². The average molecular weight is 190 g/mol. The van der Waals surface area contributed by atoms with Crippen LogP contribution < -0.4 is 5.73 Å². The van der Waals surface area contributed by atoms with E-state index < -0.39 is 0 Å². The van der Waals surface area contributed by atoms with Gasteiger partial charge in [-0.25, -0.2) is 0 Å². The largest absolute Gasteiger partial charge is 0.370 e. The predicted octanol–water partition coefficient (Wildman–Crippen LogP) is 0.196. The van der Waals surface area contributed by atoms with Crippen LogP contribution in [0.3, 0.4) is 0 Å². The fraction of sp³-hybridized carbons (Fsp3) is 0.667. The number of primary amides is 1. The first-order chi connectivity index (χ1) is 5.20. The molecule has 0 spiro atoms. The molecule has 0 aromatic carbocycles. The van der Waals surface area contributed by atoms with E-state index in [1.54, 1.807) is 11.8 Å². The number of hydrogen-bond acceptors (Lipinski definition) is 3. The highest BCUT2D eigenvalue weighted by Crippen LogP contribution is 2.17. The molecule has 0 bridgehead atoms. The summed E-state index contributed by atoms with van der Waals surface area (Å²) in [6.45, 7) is 1.64. The fourth-order valence-electron chi connectivity index (χ4n) is 0.874. The number of hydrogen-bond donors (Lipinski definition) is 1. The number of carbonyl (C=O) groups is 1. The topological polar surface area (TPSA) is 46.3 Å². The van der Waals surface area contributed by atoms with Gasteiger partial charge < -0.3 is 10.6 Å². The van der Waals surface area contributed by atoms with Crippen LogP contribution in [0, 0.1) is 0 Å². The van der Waals surface area contributed by atoms with Gasteiger partial charge in [0.25, 0.3) is 0 Å². The number of thiocarbonyl (C=S) groups is 1. The van der Waals surface area contributed by atoms with Crippen molar-refractivity contribution in [3.8, 4) is 0 Å². The molecule has 0 unspecified atom stereocenters. The van der Waals surface area contributed by atoms with Gasteiger partial charge >= 0.3 is 0 Å². The van der Waals surface area contributed by atoms with Crippen molar-refractivity contribution in [1.29, 1.82) is 0 Å². The molecule has 0 aromatic rings. The van der Waals surface area contributed by atoms with Gasteiger partial charge in [-0.1, -0.05) is 24.0 Å². The Morgan fingerprint density at radius 2 is 2.55 bits per heavy atom. The van der Waals surface area contributed by atoms with Crippen LogP contribution in [0.4, 0.5) is 0 Å². The first-order valence-corrected chi connectivity index (χ1v) is 4.79. The van der Waals surface area contributed by atoms with E-state index in [1.165, 1.54) is 0 Å². The van der Waals surface area contributed by atoms with Crippen LogP contribution in [0.2, 0.25) is 0 Å². The van der Waals surface area contributed by atoms with Crippen molar-refractivity contribution in [2.75, 3.05) is 18.8 Å². The molecule has 0 atom stereocenters. The fourth-order valence-corrected chi connectivity index (χ4v) is 2.16. The number of carbonyl (C=O) groups excluding carboxylic acids is 1. The number of nitrogens with two attached hydrogens (primary N) is 1. The minimum atomic E-state index is -0.260. The Hall–Kier alpha value is -0.290. The maximum atomic E-state index is 10.4. The van der Waals surface area contributed by atoms with Crippen molar-refractivity contribution >= 4 is 34.2 Å². The summed E-state index contributed by atoms with van der Waals surface area (Å²) < 4.78 is 0.895. The Morgan fingerprint density at radius 1 is 1.82 bits per heavy atom. The molecule has 11 heavy (non-hydrogen) atoms. The van der Waals surface area contributed by atoms with Gasteiger partial charge in [-0.15, -0.1) is 0 Å². The smallest absolute Gasteiger partial charge is 0.219 e. The first-order valence-electron chi connectivity index (χ1n) is 3.40. The average Bonchev–Trinajstić information content (AvgIpc) is 2.31. The van der Waals surface area contributed by atoms with E-state index in [4.69, 9.17) is 18.0 Å². The minimum Gasteiger partial charge on any atom is -0.370 e. The molecule has 1 rings (SSSR count). The van der Waals surface area contributed by atoms with Crippen molar-refractivity contribution in [3.63, 3.8) is 0 Å². The second-order valence-corrected chi connectivity index (χ2v) is 4.05. The maximum Gasteiger partial charge on any atom is 0.219 e. The molecular formula is C6H10N2OS2. The van der Waals surface area contributed by atoms with Crippen LogP contribution in [0.1, 0.15) is 6.42 Å². The van der Waals surface area contributed by atoms with Gasteiger partial charge in [0.05, 0.1) is 0 Å². The van der Waals surface area contributed by atoms with Crippen LogP contribution in [0.5, 0.6) is 0 Å². The van der Waals surface area contributed by atoms with Crippen LogP contribution in [-0.2, 0) is 4.79 Å². The summed E-state index contributed by atoms with van der Waals surface area (Å²) in [6.07, 6.45) is 0.403. The lowest BCUT2D eigenvalue weighted by Gasteiger charge is -2.14. The molecule has 62 valence electrons. The zero-order valence-electron chi connectivity index (χ0n) is 6.08. The van der Waals surface area contributed by atoms with Gasteiger partial charge in [-0.3, -0.25) is 4.79 Å². The van der Waals surface area contributed by atoms with E-state index in [-0.39, 0.29) is 5.91 Å². The lowest BCUT2D eigenvalue weighted by Crippen LogP contribution is -2.27.